The van der Waals surface area contributed by atoms with E-state index >= 15 is 0 Å². The van der Waals surface area contributed by atoms with Crippen LogP contribution in [0.2, 0.25) is 0 Å². The zero-order chi connectivity index (χ0) is 22.8. The molecule has 5 nitrogen and oxygen atoms in total. The number of hydrogen-bond acceptors (Lipinski definition) is 4. The third-order valence-corrected chi connectivity index (χ3v) is 5.63. The van der Waals surface area contributed by atoms with E-state index in [9.17, 15) is 4.79 Å². The maximum Gasteiger partial charge on any atom is 0.262 e. The molecule has 0 fully saturated rings. The summed E-state index contributed by atoms with van der Waals surface area (Å²) in [6.07, 6.45) is 1.06. The minimum Gasteiger partial charge on any atom is -0.490 e. The van der Waals surface area contributed by atoms with Crippen LogP contribution in [-0.2, 0) is 4.79 Å². The maximum atomic E-state index is 12.5. The highest BCUT2D eigenvalue weighted by atomic mass is 79.9. The van der Waals surface area contributed by atoms with Gasteiger partial charge >= 0.3 is 0 Å². The fourth-order valence-corrected chi connectivity index (χ4v) is 3.54. The Morgan fingerprint density at radius 3 is 2.38 bits per heavy atom. The standard InChI is InChI=1S/C26H28BrNO4/c1-3-19(2)20-13-14-24(22(27)17-20)32-18-26(29)28-23-11-7-8-12-25(23)31-16-15-30-21-9-5-4-6-10-21/h4-14,17,19H,3,15-16,18H2,1-2H3,(H,28,29). The van der Waals surface area contributed by atoms with Crippen LogP contribution in [0.3, 0.4) is 0 Å². The summed E-state index contributed by atoms with van der Waals surface area (Å²) in [5.41, 5.74) is 1.82. The molecule has 3 rings (SSSR count). The molecule has 0 aliphatic heterocycles. The first-order valence-corrected chi connectivity index (χ1v) is 11.5. The lowest BCUT2D eigenvalue weighted by atomic mass is 9.99. The van der Waals surface area contributed by atoms with Gasteiger partial charge in [-0.15, -0.1) is 0 Å². The molecule has 0 saturated carbocycles. The van der Waals surface area contributed by atoms with E-state index in [1.165, 1.54) is 5.56 Å². The van der Waals surface area contributed by atoms with E-state index in [1.807, 2.05) is 66.7 Å². The number of para-hydroxylation sites is 3. The molecule has 3 aromatic carbocycles. The van der Waals surface area contributed by atoms with Gasteiger partial charge in [-0.3, -0.25) is 4.79 Å². The minimum absolute atomic E-state index is 0.104. The van der Waals surface area contributed by atoms with E-state index in [4.69, 9.17) is 14.2 Å². The predicted molar refractivity (Wildman–Crippen MR) is 131 cm³/mol. The minimum atomic E-state index is -0.264. The number of carbonyl (C=O) groups is 1. The first-order valence-electron chi connectivity index (χ1n) is 10.7. The van der Waals surface area contributed by atoms with Gasteiger partial charge in [0.1, 0.15) is 30.5 Å². The normalized spacial score (nSPS) is 11.5. The van der Waals surface area contributed by atoms with Crippen molar-refractivity contribution in [2.75, 3.05) is 25.1 Å². The van der Waals surface area contributed by atoms with Crippen LogP contribution in [0.15, 0.2) is 77.3 Å². The van der Waals surface area contributed by atoms with E-state index in [2.05, 4.69) is 35.1 Å². The molecule has 168 valence electrons. The summed E-state index contributed by atoms with van der Waals surface area (Å²) in [6, 6.07) is 22.8. The summed E-state index contributed by atoms with van der Waals surface area (Å²) < 4.78 is 18.0. The van der Waals surface area contributed by atoms with Gasteiger partial charge in [-0.05, 0) is 70.2 Å². The number of nitrogens with one attached hydrogen (secondary N) is 1. The lowest BCUT2D eigenvalue weighted by Gasteiger charge is -2.14. The molecule has 1 amide bonds. The Balaban J connectivity index is 1.50. The quantitative estimate of drug-likeness (QED) is 0.309. The van der Waals surface area contributed by atoms with Crippen LogP contribution in [-0.4, -0.2) is 25.7 Å². The molecule has 0 radical (unpaired) electrons. The molecule has 0 bridgehead atoms. The number of ether oxygens (including phenoxy) is 3. The van der Waals surface area contributed by atoms with Gasteiger partial charge in [-0.2, -0.15) is 0 Å². The highest BCUT2D eigenvalue weighted by molar-refractivity contribution is 9.10. The molecule has 32 heavy (non-hydrogen) atoms. The van der Waals surface area contributed by atoms with E-state index < -0.39 is 0 Å². The number of anilines is 1. The van der Waals surface area contributed by atoms with Crippen molar-refractivity contribution >= 4 is 27.5 Å². The van der Waals surface area contributed by atoms with Gasteiger partial charge in [-0.25, -0.2) is 0 Å². The molecule has 0 heterocycles. The second kappa shape index (κ2) is 12.2. The average molecular weight is 498 g/mol. The molecule has 1 N–H and O–H groups in total. The van der Waals surface area contributed by atoms with Gasteiger partial charge in [0, 0.05) is 0 Å². The molecule has 1 atom stereocenters. The number of amides is 1. The summed E-state index contributed by atoms with van der Waals surface area (Å²) in [4.78, 5) is 12.5. The highest BCUT2D eigenvalue weighted by Crippen LogP contribution is 2.30. The highest BCUT2D eigenvalue weighted by Gasteiger charge is 2.11. The van der Waals surface area contributed by atoms with Gasteiger partial charge in [0.25, 0.3) is 5.91 Å². The molecule has 3 aromatic rings. The van der Waals surface area contributed by atoms with Crippen molar-refractivity contribution in [3.8, 4) is 17.2 Å². The first-order chi connectivity index (χ1) is 15.6. The van der Waals surface area contributed by atoms with Gasteiger partial charge in [0.05, 0.1) is 10.2 Å². The summed E-state index contributed by atoms with van der Waals surface area (Å²) in [7, 11) is 0. The number of benzene rings is 3. The molecule has 6 heteroatoms. The monoisotopic (exact) mass is 497 g/mol. The van der Waals surface area contributed by atoms with Crippen LogP contribution < -0.4 is 19.5 Å². The topological polar surface area (TPSA) is 56.8 Å². The zero-order valence-electron chi connectivity index (χ0n) is 18.3. The van der Waals surface area contributed by atoms with Crippen molar-refractivity contribution < 1.29 is 19.0 Å². The van der Waals surface area contributed by atoms with E-state index in [-0.39, 0.29) is 12.5 Å². The van der Waals surface area contributed by atoms with Crippen LogP contribution in [0.5, 0.6) is 17.2 Å². The molecule has 0 saturated heterocycles. The molecular formula is C26H28BrNO4. The number of rotatable bonds is 11. The van der Waals surface area contributed by atoms with E-state index in [1.54, 1.807) is 6.07 Å². The molecule has 1 unspecified atom stereocenters. The Labute approximate surface area is 197 Å². The lowest BCUT2D eigenvalue weighted by Crippen LogP contribution is -2.21. The van der Waals surface area contributed by atoms with Crippen molar-refractivity contribution in [1.29, 1.82) is 0 Å². The van der Waals surface area contributed by atoms with Gasteiger partial charge in [0.2, 0.25) is 0 Å². The molecule has 0 aromatic heterocycles. The summed E-state index contributed by atoms with van der Waals surface area (Å²) >= 11 is 3.54. The summed E-state index contributed by atoms with van der Waals surface area (Å²) in [6.45, 7) is 4.99. The second-order valence-electron chi connectivity index (χ2n) is 7.34. The largest absolute Gasteiger partial charge is 0.490 e. The Morgan fingerprint density at radius 1 is 0.906 bits per heavy atom. The summed E-state index contributed by atoms with van der Waals surface area (Å²) in [5, 5.41) is 2.85. The van der Waals surface area contributed by atoms with Gasteiger partial charge in [-0.1, -0.05) is 50.2 Å². The third kappa shape index (κ3) is 7.02. The van der Waals surface area contributed by atoms with Gasteiger partial charge < -0.3 is 19.5 Å². The van der Waals surface area contributed by atoms with Crippen molar-refractivity contribution in [3.63, 3.8) is 0 Å². The smallest absolute Gasteiger partial charge is 0.262 e. The fourth-order valence-electron chi connectivity index (χ4n) is 3.03. The van der Waals surface area contributed by atoms with Gasteiger partial charge in [0.15, 0.2) is 6.61 Å². The SMILES string of the molecule is CCC(C)c1ccc(OCC(=O)Nc2ccccc2OCCOc2ccccc2)c(Br)c1. The van der Waals surface area contributed by atoms with Crippen molar-refractivity contribution in [2.45, 2.75) is 26.2 Å². The van der Waals surface area contributed by atoms with Crippen molar-refractivity contribution in [2.24, 2.45) is 0 Å². The Bertz CT molecular complexity index is 1010. The number of halogens is 1. The Kier molecular flexibility index (Phi) is 8.99. The summed E-state index contributed by atoms with van der Waals surface area (Å²) in [5.74, 6) is 2.21. The van der Waals surface area contributed by atoms with Crippen molar-refractivity contribution in [1.82, 2.24) is 0 Å². The molecular weight excluding hydrogens is 470 g/mol. The number of carbonyl (C=O) groups excluding carboxylic acids is 1. The van der Waals surface area contributed by atoms with Crippen LogP contribution in [0.25, 0.3) is 0 Å². The van der Waals surface area contributed by atoms with Crippen molar-refractivity contribution in [3.05, 3.63) is 82.8 Å². The van der Waals surface area contributed by atoms with Crippen LogP contribution in [0.1, 0.15) is 31.7 Å². The van der Waals surface area contributed by atoms with Crippen LogP contribution in [0, 0.1) is 0 Å². The van der Waals surface area contributed by atoms with Crippen LogP contribution in [0.4, 0.5) is 5.69 Å². The third-order valence-electron chi connectivity index (χ3n) is 5.01. The molecule has 0 spiro atoms. The van der Waals surface area contributed by atoms with E-state index in [0.29, 0.717) is 36.3 Å². The maximum absolute atomic E-state index is 12.5. The lowest BCUT2D eigenvalue weighted by molar-refractivity contribution is -0.118. The fraction of sp³-hybridized carbons (Fsp3) is 0.269. The predicted octanol–water partition coefficient (Wildman–Crippen LogP) is 6.44. The Hall–Kier alpha value is -2.99. The number of hydrogen-bond donors (Lipinski definition) is 1. The first kappa shape index (κ1) is 23.7. The Morgan fingerprint density at radius 2 is 1.62 bits per heavy atom. The van der Waals surface area contributed by atoms with E-state index in [0.717, 1.165) is 16.6 Å². The molecule has 0 aliphatic carbocycles. The average Bonchev–Trinajstić information content (AvgIpc) is 2.82. The van der Waals surface area contributed by atoms with Crippen LogP contribution >= 0.6 is 15.9 Å². The molecule has 0 aliphatic rings. The second-order valence-corrected chi connectivity index (χ2v) is 8.20. The zero-order valence-corrected chi connectivity index (χ0v) is 19.9.